The van der Waals surface area contributed by atoms with Crippen molar-refractivity contribution in [2.45, 2.75) is 26.2 Å². The number of fused-ring (bicyclic) bond motifs is 1. The van der Waals surface area contributed by atoms with E-state index in [4.69, 9.17) is 0 Å². The number of amides is 1. The Morgan fingerprint density at radius 3 is 1.93 bits per heavy atom. The molecule has 148 valence electrons. The lowest BCUT2D eigenvalue weighted by Gasteiger charge is -2.30. The first-order chi connectivity index (χ1) is 13.8. The summed E-state index contributed by atoms with van der Waals surface area (Å²) in [7, 11) is -1.22. The van der Waals surface area contributed by atoms with E-state index in [1.165, 1.54) is 0 Å². The van der Waals surface area contributed by atoms with Gasteiger partial charge in [0.1, 0.15) is 7.14 Å². The predicted molar refractivity (Wildman–Crippen MR) is 121 cm³/mol. The summed E-state index contributed by atoms with van der Waals surface area (Å²) in [6.07, 6.45) is 0.272. The highest BCUT2D eigenvalue weighted by Crippen LogP contribution is 2.54. The van der Waals surface area contributed by atoms with Crippen LogP contribution >= 0.6 is 7.14 Å². The number of nitrogens with zero attached hydrogens (tertiary/aromatic N) is 1. The summed E-state index contributed by atoms with van der Waals surface area (Å²) in [6, 6.07) is 23.4. The van der Waals surface area contributed by atoms with Crippen LogP contribution in [0.3, 0.4) is 0 Å². The topological polar surface area (TPSA) is 37.4 Å². The van der Waals surface area contributed by atoms with Gasteiger partial charge in [-0.15, -0.1) is 0 Å². The molecule has 3 aromatic carbocycles. The number of anilines is 1. The minimum atomic E-state index is -3.04. The maximum atomic E-state index is 14.6. The normalized spacial score (nSPS) is 18.8. The van der Waals surface area contributed by atoms with Crippen molar-refractivity contribution in [3.8, 4) is 0 Å². The first kappa shape index (κ1) is 19.7. The van der Waals surface area contributed by atoms with E-state index in [0.717, 1.165) is 33.0 Å². The Morgan fingerprint density at radius 1 is 0.897 bits per heavy atom. The monoisotopic (exact) mass is 403 g/mol. The number of hydrogen-bond donors (Lipinski definition) is 0. The van der Waals surface area contributed by atoms with E-state index in [9.17, 15) is 9.36 Å². The van der Waals surface area contributed by atoms with Crippen LogP contribution in [0, 0.1) is 13.8 Å². The molecule has 0 aliphatic carbocycles. The van der Waals surface area contributed by atoms with E-state index in [-0.39, 0.29) is 12.1 Å². The molecule has 1 amide bonds. The van der Waals surface area contributed by atoms with E-state index >= 15 is 0 Å². The van der Waals surface area contributed by atoms with Gasteiger partial charge >= 0.3 is 0 Å². The van der Waals surface area contributed by atoms with E-state index in [2.05, 4.69) is 12.1 Å². The summed E-state index contributed by atoms with van der Waals surface area (Å²) in [5, 5.41) is 1.59. The van der Waals surface area contributed by atoms with Gasteiger partial charge in [-0.2, -0.15) is 0 Å². The molecule has 0 bridgehead atoms. The molecular formula is C25H26NO2P. The lowest BCUT2D eigenvalue weighted by Crippen LogP contribution is -2.41. The van der Waals surface area contributed by atoms with Gasteiger partial charge in [-0.25, -0.2) is 0 Å². The standard InChI is InChI=1S/C25H26NO2P/c1-18-15-19(2)23-22(16-18)26(4)24(27)25(23,3)17-29(28,20-11-7-5-8-12-20)21-13-9-6-10-14-21/h5-16H,17H2,1-4H3. The van der Waals surface area contributed by atoms with Gasteiger partial charge in [0, 0.05) is 29.5 Å². The van der Waals surface area contributed by atoms with Crippen LogP contribution in [0.2, 0.25) is 0 Å². The van der Waals surface area contributed by atoms with Crippen LogP contribution in [-0.2, 0) is 14.8 Å². The summed E-state index contributed by atoms with van der Waals surface area (Å²) in [4.78, 5) is 15.2. The highest BCUT2D eigenvalue weighted by atomic mass is 31.2. The smallest absolute Gasteiger partial charge is 0.237 e. The fourth-order valence-corrected chi connectivity index (χ4v) is 7.93. The second-order valence-corrected chi connectivity index (χ2v) is 11.1. The van der Waals surface area contributed by atoms with E-state index in [0.29, 0.717) is 0 Å². The Bertz CT molecular complexity index is 1080. The Balaban J connectivity index is 1.93. The summed E-state index contributed by atoms with van der Waals surface area (Å²) in [5.74, 6) is 0.00767. The third kappa shape index (κ3) is 3.05. The summed E-state index contributed by atoms with van der Waals surface area (Å²) in [6.45, 7) is 6.05. The van der Waals surface area contributed by atoms with Crippen molar-refractivity contribution in [1.29, 1.82) is 0 Å². The Morgan fingerprint density at radius 2 is 1.41 bits per heavy atom. The van der Waals surface area contributed by atoms with Crippen LogP contribution < -0.4 is 15.5 Å². The molecule has 0 spiro atoms. The molecule has 1 unspecified atom stereocenters. The first-order valence-corrected chi connectivity index (χ1v) is 11.8. The largest absolute Gasteiger partial charge is 0.314 e. The molecule has 0 saturated carbocycles. The molecule has 0 N–H and O–H groups in total. The van der Waals surface area contributed by atoms with Crippen molar-refractivity contribution in [2.75, 3.05) is 18.1 Å². The number of rotatable bonds is 4. The van der Waals surface area contributed by atoms with Crippen molar-refractivity contribution in [3.63, 3.8) is 0 Å². The number of benzene rings is 3. The zero-order chi connectivity index (χ0) is 20.8. The zero-order valence-corrected chi connectivity index (χ0v) is 18.2. The Kier molecular flexibility index (Phi) is 4.75. The second kappa shape index (κ2) is 7.00. The van der Waals surface area contributed by atoms with Gasteiger partial charge in [0.15, 0.2) is 0 Å². The van der Waals surface area contributed by atoms with Gasteiger partial charge < -0.3 is 9.46 Å². The molecule has 3 nitrogen and oxygen atoms in total. The molecule has 1 aliphatic heterocycles. The van der Waals surface area contributed by atoms with Crippen LogP contribution in [0.5, 0.6) is 0 Å². The van der Waals surface area contributed by atoms with Gasteiger partial charge in [-0.3, -0.25) is 4.79 Å². The number of aryl methyl sites for hydroxylation is 2. The fourth-order valence-electron chi connectivity index (χ4n) is 4.78. The molecule has 29 heavy (non-hydrogen) atoms. The molecule has 3 aromatic rings. The minimum Gasteiger partial charge on any atom is -0.314 e. The maximum Gasteiger partial charge on any atom is 0.237 e. The minimum absolute atomic E-state index is 0.00767. The molecule has 1 aliphatic rings. The predicted octanol–water partition coefficient (Wildman–Crippen LogP) is 4.55. The third-order valence-corrected chi connectivity index (χ3v) is 9.38. The molecule has 4 heteroatoms. The lowest BCUT2D eigenvalue weighted by molar-refractivity contribution is -0.121. The Labute approximate surface area is 172 Å². The molecule has 0 saturated heterocycles. The molecule has 4 rings (SSSR count). The van der Waals surface area contributed by atoms with E-state index < -0.39 is 12.6 Å². The molecule has 0 radical (unpaired) electrons. The average molecular weight is 403 g/mol. The number of carbonyl (C=O) groups excluding carboxylic acids is 1. The number of hydrogen-bond acceptors (Lipinski definition) is 2. The van der Waals surface area contributed by atoms with Crippen LogP contribution in [0.25, 0.3) is 0 Å². The van der Waals surface area contributed by atoms with Crippen molar-refractivity contribution in [1.82, 2.24) is 0 Å². The van der Waals surface area contributed by atoms with E-state index in [1.807, 2.05) is 88.5 Å². The van der Waals surface area contributed by atoms with Gasteiger partial charge in [0.05, 0.1) is 5.41 Å². The molecule has 1 atom stereocenters. The van der Waals surface area contributed by atoms with E-state index in [1.54, 1.807) is 4.90 Å². The van der Waals surface area contributed by atoms with Gasteiger partial charge in [-0.05, 0) is 43.5 Å². The van der Waals surface area contributed by atoms with Crippen LogP contribution in [0.1, 0.15) is 23.6 Å². The van der Waals surface area contributed by atoms with Crippen LogP contribution in [-0.4, -0.2) is 19.1 Å². The van der Waals surface area contributed by atoms with Crippen molar-refractivity contribution < 1.29 is 9.36 Å². The molecular weight excluding hydrogens is 377 g/mol. The SMILES string of the molecule is Cc1cc(C)c2c(c1)N(C)C(=O)C2(C)CP(=O)(c1ccccc1)c1ccccc1. The number of likely N-dealkylation sites (N-methyl/N-ethyl adjacent to an activating group) is 1. The summed E-state index contributed by atoms with van der Waals surface area (Å²) in [5.41, 5.74) is 3.29. The first-order valence-electron chi connectivity index (χ1n) is 9.87. The molecule has 0 fully saturated rings. The summed E-state index contributed by atoms with van der Waals surface area (Å²) < 4.78 is 14.6. The fraction of sp³-hybridized carbons (Fsp3) is 0.240. The molecule has 0 aromatic heterocycles. The van der Waals surface area contributed by atoms with Gasteiger partial charge in [-0.1, -0.05) is 66.7 Å². The van der Waals surface area contributed by atoms with Crippen LogP contribution in [0.4, 0.5) is 5.69 Å². The Hall–Kier alpha value is -2.64. The van der Waals surface area contributed by atoms with Crippen molar-refractivity contribution >= 4 is 29.3 Å². The second-order valence-electron chi connectivity index (χ2n) is 8.24. The van der Waals surface area contributed by atoms with Crippen LogP contribution in [0.15, 0.2) is 72.8 Å². The lowest BCUT2D eigenvalue weighted by atomic mass is 9.82. The van der Waals surface area contributed by atoms with Crippen molar-refractivity contribution in [3.05, 3.63) is 89.5 Å². The summed E-state index contributed by atoms with van der Waals surface area (Å²) >= 11 is 0. The average Bonchev–Trinajstić information content (AvgIpc) is 2.90. The van der Waals surface area contributed by atoms with Gasteiger partial charge in [0.2, 0.25) is 5.91 Å². The zero-order valence-electron chi connectivity index (χ0n) is 17.3. The highest BCUT2D eigenvalue weighted by Gasteiger charge is 2.51. The third-order valence-electron chi connectivity index (χ3n) is 6.03. The quantitative estimate of drug-likeness (QED) is 0.600. The number of carbonyl (C=O) groups is 1. The highest BCUT2D eigenvalue weighted by molar-refractivity contribution is 7.78. The van der Waals surface area contributed by atoms with Gasteiger partial charge in [0.25, 0.3) is 0 Å². The molecule has 1 heterocycles. The maximum absolute atomic E-state index is 14.6. The van der Waals surface area contributed by atoms with Crippen molar-refractivity contribution in [2.24, 2.45) is 0 Å².